The Bertz CT molecular complexity index is 2680. The van der Waals surface area contributed by atoms with Crippen molar-refractivity contribution >= 4 is 49.2 Å². The molecule has 0 aliphatic carbocycles. The molecule has 0 radical (unpaired) electrons. The van der Waals surface area contributed by atoms with Crippen LogP contribution in [0, 0.1) is 17.9 Å². The lowest BCUT2D eigenvalue weighted by atomic mass is 9.91. The van der Waals surface area contributed by atoms with E-state index in [1.807, 2.05) is 36.4 Å². The van der Waals surface area contributed by atoms with Crippen LogP contribution in [-0.4, -0.2) is 9.97 Å². The Morgan fingerprint density at radius 2 is 1.04 bits per heavy atom. The van der Waals surface area contributed by atoms with E-state index in [1.54, 1.807) is 24.5 Å². The first-order valence-corrected chi connectivity index (χ1v) is 15.9. The summed E-state index contributed by atoms with van der Waals surface area (Å²) in [5, 5.41) is 16.1. The molecule has 226 valence electrons. The van der Waals surface area contributed by atoms with E-state index in [0.717, 1.165) is 88.3 Å². The molecule has 3 heterocycles. The summed E-state index contributed by atoms with van der Waals surface area (Å²) in [4.78, 5) is 12.7. The molecule has 0 bridgehead atoms. The van der Waals surface area contributed by atoms with E-state index in [0.29, 0.717) is 11.3 Å². The predicted octanol–water partition coefficient (Wildman–Crippen LogP) is 11.8. The van der Waals surface area contributed by atoms with Gasteiger partial charge in [0.25, 0.3) is 0 Å². The van der Waals surface area contributed by atoms with Crippen LogP contribution in [0.25, 0.3) is 93.1 Å². The van der Waals surface area contributed by atoms with Gasteiger partial charge < -0.3 is 4.42 Å². The summed E-state index contributed by atoms with van der Waals surface area (Å²) in [6.45, 7) is 7.44. The third-order valence-corrected chi connectivity index (χ3v) is 9.19. The Morgan fingerprint density at radius 3 is 1.59 bits per heavy atom. The summed E-state index contributed by atoms with van der Waals surface area (Å²) in [5.74, 6) is 0. The van der Waals surface area contributed by atoms with Gasteiger partial charge in [0, 0.05) is 28.7 Å². The number of nitrogens with zero attached hydrogens (tertiary/aromatic N) is 4. The summed E-state index contributed by atoms with van der Waals surface area (Å²) in [7, 11) is 0. The fourth-order valence-corrected chi connectivity index (χ4v) is 6.97. The molecule has 0 spiro atoms. The normalized spacial score (nSPS) is 11.2. The van der Waals surface area contributed by atoms with Crippen molar-refractivity contribution in [3.05, 3.63) is 163 Å². The standard InChI is InChI=1S/C44H24N4O/c1-46-32-17-19-48-40(23-32)31-11-7-9-29(22-31)38-25-42-44(36-15-5-3-13-34(36)38)43-35-14-4-2-12-33(35)37(24-41(43)49-42)28-8-6-10-30(21-28)39-20-27(26-45)16-18-47-39/h2-25H. The van der Waals surface area contributed by atoms with Gasteiger partial charge in [-0.25, -0.2) is 4.85 Å². The third-order valence-electron chi connectivity index (χ3n) is 9.19. The van der Waals surface area contributed by atoms with Crippen molar-refractivity contribution in [2.24, 2.45) is 0 Å². The molecule has 3 aromatic heterocycles. The SMILES string of the molecule is [C-]#[N+]c1ccnc(-c2cccc(-c3cc4oc5cc(-c6cccc(-c7cc(C#N)ccn7)c6)c6ccccc6c5c4c4ccccc34)c2)c1. The number of hydrogen-bond donors (Lipinski definition) is 0. The molecule has 0 N–H and O–H groups in total. The van der Waals surface area contributed by atoms with E-state index in [-0.39, 0.29) is 0 Å². The fraction of sp³-hybridized carbons (Fsp3) is 0. The van der Waals surface area contributed by atoms with Gasteiger partial charge in [0.1, 0.15) is 11.2 Å². The maximum Gasteiger partial charge on any atom is 0.190 e. The van der Waals surface area contributed by atoms with Crippen molar-refractivity contribution in [2.75, 3.05) is 0 Å². The van der Waals surface area contributed by atoms with Crippen LogP contribution in [0.15, 0.2) is 150 Å². The maximum absolute atomic E-state index is 9.45. The summed E-state index contributed by atoms with van der Waals surface area (Å²) in [5.41, 5.74) is 10.4. The van der Waals surface area contributed by atoms with Gasteiger partial charge >= 0.3 is 0 Å². The molecule has 9 aromatic rings. The summed E-state index contributed by atoms with van der Waals surface area (Å²) >= 11 is 0. The number of aromatic nitrogens is 2. The second-order valence-corrected chi connectivity index (χ2v) is 12.0. The molecular formula is C44H24N4O. The molecule has 6 aromatic carbocycles. The molecule has 0 fully saturated rings. The van der Waals surface area contributed by atoms with Crippen molar-refractivity contribution in [1.82, 2.24) is 9.97 Å². The second kappa shape index (κ2) is 11.3. The van der Waals surface area contributed by atoms with Gasteiger partial charge in [-0.3, -0.25) is 9.97 Å². The lowest BCUT2D eigenvalue weighted by Gasteiger charge is -2.11. The topological polar surface area (TPSA) is 67.1 Å². The van der Waals surface area contributed by atoms with Crippen LogP contribution in [0.5, 0.6) is 0 Å². The molecule has 5 heteroatoms. The van der Waals surface area contributed by atoms with Gasteiger partial charge in [-0.15, -0.1) is 0 Å². The number of pyridine rings is 2. The highest BCUT2D eigenvalue weighted by Crippen LogP contribution is 2.45. The number of nitriles is 1. The Morgan fingerprint density at radius 1 is 0.531 bits per heavy atom. The molecular weight excluding hydrogens is 601 g/mol. The molecule has 0 atom stereocenters. The smallest absolute Gasteiger partial charge is 0.190 e. The summed E-state index contributed by atoms with van der Waals surface area (Å²) in [6.07, 6.45) is 3.36. The molecule has 0 saturated carbocycles. The van der Waals surface area contributed by atoms with Crippen LogP contribution in [0.4, 0.5) is 5.69 Å². The van der Waals surface area contributed by atoms with Gasteiger partial charge in [-0.1, -0.05) is 84.9 Å². The highest BCUT2D eigenvalue weighted by molar-refractivity contribution is 6.29. The number of furan rings is 1. The van der Waals surface area contributed by atoms with Crippen LogP contribution in [0.2, 0.25) is 0 Å². The Hall–Kier alpha value is -7.08. The maximum atomic E-state index is 9.45. The van der Waals surface area contributed by atoms with Crippen LogP contribution >= 0.6 is 0 Å². The number of fused-ring (bicyclic) bond motifs is 7. The molecule has 5 nitrogen and oxygen atoms in total. The largest absolute Gasteiger partial charge is 0.456 e. The van der Waals surface area contributed by atoms with Crippen molar-refractivity contribution < 1.29 is 4.42 Å². The number of hydrogen-bond acceptors (Lipinski definition) is 4. The first kappa shape index (κ1) is 28.2. The van der Waals surface area contributed by atoms with Gasteiger partial charge in [0.15, 0.2) is 5.69 Å². The predicted molar refractivity (Wildman–Crippen MR) is 197 cm³/mol. The minimum atomic E-state index is 0.563. The van der Waals surface area contributed by atoms with Crippen molar-refractivity contribution in [3.63, 3.8) is 0 Å². The molecule has 49 heavy (non-hydrogen) atoms. The average Bonchev–Trinajstić information content (AvgIpc) is 3.56. The van der Waals surface area contributed by atoms with E-state index in [9.17, 15) is 5.26 Å². The Kier molecular flexibility index (Phi) is 6.50. The lowest BCUT2D eigenvalue weighted by molar-refractivity contribution is 0.670. The van der Waals surface area contributed by atoms with E-state index >= 15 is 0 Å². The first-order chi connectivity index (χ1) is 24.2. The average molecular weight is 625 g/mol. The van der Waals surface area contributed by atoms with Crippen LogP contribution in [-0.2, 0) is 0 Å². The number of rotatable bonds is 4. The first-order valence-electron chi connectivity index (χ1n) is 15.9. The zero-order valence-corrected chi connectivity index (χ0v) is 26.1. The minimum Gasteiger partial charge on any atom is -0.456 e. The summed E-state index contributed by atoms with van der Waals surface area (Å²) < 4.78 is 6.79. The highest BCUT2D eigenvalue weighted by atomic mass is 16.3. The van der Waals surface area contributed by atoms with Crippen LogP contribution in [0.1, 0.15) is 5.56 Å². The molecule has 0 aliphatic heterocycles. The molecule has 0 unspecified atom stereocenters. The van der Waals surface area contributed by atoms with E-state index in [1.165, 1.54) is 0 Å². The van der Waals surface area contributed by atoms with E-state index in [2.05, 4.69) is 106 Å². The van der Waals surface area contributed by atoms with Gasteiger partial charge in [0.05, 0.1) is 29.6 Å². The van der Waals surface area contributed by atoms with Crippen LogP contribution < -0.4 is 0 Å². The van der Waals surface area contributed by atoms with Gasteiger partial charge in [0.2, 0.25) is 0 Å². The molecule has 0 saturated heterocycles. The van der Waals surface area contributed by atoms with Crippen molar-refractivity contribution in [3.8, 4) is 50.8 Å². The monoisotopic (exact) mass is 624 g/mol. The van der Waals surface area contributed by atoms with Crippen LogP contribution in [0.3, 0.4) is 0 Å². The third kappa shape index (κ3) is 4.69. The zero-order chi connectivity index (χ0) is 32.9. The fourth-order valence-electron chi connectivity index (χ4n) is 6.97. The van der Waals surface area contributed by atoms with E-state index < -0.39 is 0 Å². The molecule has 0 amide bonds. The quantitative estimate of drug-likeness (QED) is 0.183. The second-order valence-electron chi connectivity index (χ2n) is 12.0. The van der Waals surface area contributed by atoms with Crippen molar-refractivity contribution in [2.45, 2.75) is 0 Å². The molecule has 0 aliphatic rings. The van der Waals surface area contributed by atoms with Crippen molar-refractivity contribution in [1.29, 1.82) is 5.26 Å². The zero-order valence-electron chi connectivity index (χ0n) is 26.1. The van der Waals surface area contributed by atoms with Gasteiger partial charge in [-0.2, -0.15) is 5.26 Å². The molecule has 9 rings (SSSR count). The summed E-state index contributed by atoms with van der Waals surface area (Å²) in [6, 6.07) is 47.2. The number of benzene rings is 6. The Labute approximate surface area is 281 Å². The Balaban J connectivity index is 1.27. The lowest BCUT2D eigenvalue weighted by Crippen LogP contribution is -1.88. The highest BCUT2D eigenvalue weighted by Gasteiger charge is 2.19. The van der Waals surface area contributed by atoms with Gasteiger partial charge in [-0.05, 0) is 97.9 Å². The minimum absolute atomic E-state index is 0.563. The van der Waals surface area contributed by atoms with E-state index in [4.69, 9.17) is 11.0 Å².